The van der Waals surface area contributed by atoms with Gasteiger partial charge in [-0.3, -0.25) is 10.1 Å². The highest BCUT2D eigenvalue weighted by Gasteiger charge is 2.22. The molecular weight excluding hydrogens is 246 g/mol. The second-order valence-corrected chi connectivity index (χ2v) is 4.50. The molecule has 18 heavy (non-hydrogen) atoms. The highest BCUT2D eigenvalue weighted by Crippen LogP contribution is 2.32. The van der Waals surface area contributed by atoms with E-state index in [9.17, 15) is 18.9 Å². The highest BCUT2D eigenvalue weighted by molar-refractivity contribution is 5.57. The van der Waals surface area contributed by atoms with E-state index in [0.29, 0.717) is 0 Å². The maximum atomic E-state index is 12.8. The van der Waals surface area contributed by atoms with Gasteiger partial charge in [0.05, 0.1) is 17.1 Å². The van der Waals surface area contributed by atoms with Gasteiger partial charge in [-0.05, 0) is 19.9 Å². The average molecular weight is 260 g/mol. The van der Waals surface area contributed by atoms with Crippen LogP contribution >= 0.6 is 0 Å². The van der Waals surface area contributed by atoms with E-state index >= 15 is 0 Å². The van der Waals surface area contributed by atoms with Crippen LogP contribution in [0.4, 0.5) is 20.2 Å². The summed E-state index contributed by atoms with van der Waals surface area (Å²) in [4.78, 5) is 9.80. The zero-order chi connectivity index (χ0) is 13.9. The van der Waals surface area contributed by atoms with Gasteiger partial charge >= 0.3 is 0 Å². The number of alkyl halides is 2. The lowest BCUT2D eigenvalue weighted by Gasteiger charge is -2.26. The molecule has 0 aromatic heterocycles. The fraction of sp³-hybridized carbons (Fsp3) is 0.455. The molecule has 0 amide bonds. The number of hydrogen-bond acceptors (Lipinski definition) is 4. The Morgan fingerprint density at radius 1 is 1.50 bits per heavy atom. The van der Waals surface area contributed by atoms with Crippen LogP contribution in [0.5, 0.6) is 0 Å². The molecule has 0 unspecified atom stereocenters. The van der Waals surface area contributed by atoms with Crippen molar-refractivity contribution in [1.29, 1.82) is 0 Å². The summed E-state index contributed by atoms with van der Waals surface area (Å²) in [5, 5.41) is 22.3. The lowest BCUT2D eigenvalue weighted by molar-refractivity contribution is -0.385. The monoisotopic (exact) mass is 260 g/mol. The maximum absolute atomic E-state index is 12.8. The van der Waals surface area contributed by atoms with Crippen LogP contribution in [0, 0.1) is 10.1 Å². The summed E-state index contributed by atoms with van der Waals surface area (Å²) in [6.45, 7) is 3.00. The van der Waals surface area contributed by atoms with Gasteiger partial charge in [0.15, 0.2) is 0 Å². The van der Waals surface area contributed by atoms with Gasteiger partial charge in [0.25, 0.3) is 12.1 Å². The van der Waals surface area contributed by atoms with Gasteiger partial charge < -0.3 is 10.4 Å². The number of halogens is 2. The van der Waals surface area contributed by atoms with Crippen LogP contribution in [0.15, 0.2) is 18.2 Å². The number of rotatable bonds is 5. The Morgan fingerprint density at radius 3 is 2.56 bits per heavy atom. The molecule has 1 rings (SSSR count). The quantitative estimate of drug-likeness (QED) is 0.630. The molecule has 7 heteroatoms. The van der Waals surface area contributed by atoms with Crippen LogP contribution in [-0.4, -0.2) is 22.2 Å². The first-order valence-electron chi connectivity index (χ1n) is 5.22. The minimum Gasteiger partial charge on any atom is -0.394 e. The van der Waals surface area contributed by atoms with Crippen molar-refractivity contribution < 1.29 is 18.8 Å². The molecule has 0 saturated carbocycles. The minimum atomic E-state index is -2.83. The molecular formula is C11H14F2N2O3. The first-order valence-corrected chi connectivity index (χ1v) is 5.22. The fourth-order valence-corrected chi connectivity index (χ4v) is 1.36. The molecule has 0 aliphatic rings. The second kappa shape index (κ2) is 5.26. The number of anilines is 1. The molecule has 0 fully saturated rings. The Morgan fingerprint density at radius 2 is 2.11 bits per heavy atom. The van der Waals surface area contributed by atoms with Crippen LogP contribution in [0.3, 0.4) is 0 Å². The Kier molecular flexibility index (Phi) is 4.18. The van der Waals surface area contributed by atoms with Gasteiger partial charge in [0, 0.05) is 23.4 Å². The molecule has 100 valence electrons. The topological polar surface area (TPSA) is 75.4 Å². The first kappa shape index (κ1) is 14.3. The first-order chi connectivity index (χ1) is 8.26. The number of aliphatic hydroxyl groups excluding tert-OH is 1. The molecule has 1 aromatic carbocycles. The Bertz CT molecular complexity index is 450. The number of hydrogen-bond donors (Lipinski definition) is 2. The summed E-state index contributed by atoms with van der Waals surface area (Å²) in [6, 6.07) is 3.19. The number of nitro benzene ring substituents is 1. The zero-order valence-corrected chi connectivity index (χ0v) is 9.98. The van der Waals surface area contributed by atoms with E-state index in [0.717, 1.165) is 12.1 Å². The molecule has 0 radical (unpaired) electrons. The van der Waals surface area contributed by atoms with Crippen molar-refractivity contribution in [1.82, 2.24) is 0 Å². The second-order valence-electron chi connectivity index (χ2n) is 4.50. The van der Waals surface area contributed by atoms with Crippen LogP contribution in [-0.2, 0) is 0 Å². The summed E-state index contributed by atoms with van der Waals surface area (Å²) in [5.74, 6) is 0. The third kappa shape index (κ3) is 3.36. The molecule has 0 spiro atoms. The van der Waals surface area contributed by atoms with E-state index in [1.807, 2.05) is 0 Å². The van der Waals surface area contributed by atoms with Crippen LogP contribution in [0.2, 0.25) is 0 Å². The third-order valence-electron chi connectivity index (χ3n) is 2.35. The van der Waals surface area contributed by atoms with Gasteiger partial charge in [-0.2, -0.15) is 0 Å². The number of benzene rings is 1. The normalized spacial score (nSPS) is 11.7. The van der Waals surface area contributed by atoms with E-state index in [4.69, 9.17) is 5.11 Å². The lowest BCUT2D eigenvalue weighted by Crippen LogP contribution is -2.35. The molecule has 0 heterocycles. The summed E-state index contributed by atoms with van der Waals surface area (Å²) in [7, 11) is 0. The molecule has 0 bridgehead atoms. The summed E-state index contributed by atoms with van der Waals surface area (Å²) in [5.41, 5.74) is -1.56. The van der Waals surface area contributed by atoms with Crippen molar-refractivity contribution in [3.05, 3.63) is 33.9 Å². The number of nitro groups is 1. The van der Waals surface area contributed by atoms with E-state index in [1.54, 1.807) is 13.8 Å². The van der Waals surface area contributed by atoms with Crippen molar-refractivity contribution in [2.24, 2.45) is 0 Å². The lowest BCUT2D eigenvalue weighted by atomic mass is 10.0. The van der Waals surface area contributed by atoms with E-state index in [2.05, 4.69) is 5.32 Å². The van der Waals surface area contributed by atoms with Gasteiger partial charge in [0.1, 0.15) is 0 Å². The Balaban J connectivity index is 3.16. The van der Waals surface area contributed by atoms with Crippen molar-refractivity contribution in [3.63, 3.8) is 0 Å². The number of nitrogens with zero attached hydrogens (tertiary/aromatic N) is 1. The summed E-state index contributed by atoms with van der Waals surface area (Å²) < 4.78 is 25.6. The van der Waals surface area contributed by atoms with Crippen LogP contribution < -0.4 is 5.32 Å². The van der Waals surface area contributed by atoms with Crippen LogP contribution in [0.25, 0.3) is 0 Å². The Hall–Kier alpha value is -1.76. The minimum absolute atomic E-state index is 0.0784. The van der Waals surface area contributed by atoms with Crippen molar-refractivity contribution in [2.45, 2.75) is 25.8 Å². The fourth-order valence-electron chi connectivity index (χ4n) is 1.36. The smallest absolute Gasteiger partial charge is 0.270 e. The van der Waals surface area contributed by atoms with Gasteiger partial charge in [-0.1, -0.05) is 0 Å². The molecule has 0 aliphatic carbocycles. The molecule has 0 saturated heterocycles. The molecule has 0 aliphatic heterocycles. The van der Waals surface area contributed by atoms with Crippen molar-refractivity contribution in [2.75, 3.05) is 11.9 Å². The van der Waals surface area contributed by atoms with E-state index in [-0.39, 0.29) is 12.3 Å². The van der Waals surface area contributed by atoms with Crippen LogP contribution in [0.1, 0.15) is 25.8 Å². The number of non-ortho nitro benzene ring substituents is 1. The zero-order valence-electron chi connectivity index (χ0n) is 9.98. The third-order valence-corrected chi connectivity index (χ3v) is 2.35. The van der Waals surface area contributed by atoms with Gasteiger partial charge in [0.2, 0.25) is 0 Å². The van der Waals surface area contributed by atoms with E-state index in [1.165, 1.54) is 6.07 Å². The SMILES string of the molecule is CC(C)(CO)Nc1ccc([N+](=O)[O-])cc1C(F)F. The van der Waals surface area contributed by atoms with Gasteiger partial charge in [-0.25, -0.2) is 8.78 Å². The Labute approximate surface area is 103 Å². The number of nitrogens with one attached hydrogen (secondary N) is 1. The largest absolute Gasteiger partial charge is 0.394 e. The predicted molar refractivity (Wildman–Crippen MR) is 62.8 cm³/mol. The standard InChI is InChI=1S/C11H14F2N2O3/c1-11(2,6-16)14-9-4-3-7(15(17)18)5-8(9)10(12)13/h3-5,10,14,16H,6H2,1-2H3. The number of aliphatic hydroxyl groups is 1. The maximum Gasteiger partial charge on any atom is 0.270 e. The molecule has 2 N–H and O–H groups in total. The van der Waals surface area contributed by atoms with Gasteiger partial charge in [-0.15, -0.1) is 0 Å². The molecule has 0 atom stereocenters. The summed E-state index contributed by atoms with van der Waals surface area (Å²) in [6.07, 6.45) is -2.83. The molecule has 1 aromatic rings. The van der Waals surface area contributed by atoms with Crippen molar-refractivity contribution in [3.8, 4) is 0 Å². The molecule has 5 nitrogen and oxygen atoms in total. The van der Waals surface area contributed by atoms with E-state index < -0.39 is 28.1 Å². The summed E-state index contributed by atoms with van der Waals surface area (Å²) >= 11 is 0. The highest BCUT2D eigenvalue weighted by atomic mass is 19.3. The average Bonchev–Trinajstić information content (AvgIpc) is 2.28. The predicted octanol–water partition coefficient (Wildman–Crippen LogP) is 2.72. The van der Waals surface area contributed by atoms with Crippen molar-refractivity contribution >= 4 is 11.4 Å².